The standard InChI is InChI=1S/C17H19BrO2/c1-13-6-2-3-7-14(13)10-17(11-19,12-20)15-8-4-5-9-16(15)18/h2-9,19-20H,10-12H2,1H3. The maximum Gasteiger partial charge on any atom is 0.0553 e. The molecule has 0 unspecified atom stereocenters. The molecule has 2 aromatic carbocycles. The maximum atomic E-state index is 9.93. The Hall–Kier alpha value is -1.16. The van der Waals surface area contributed by atoms with E-state index in [4.69, 9.17) is 0 Å². The number of rotatable bonds is 5. The summed E-state index contributed by atoms with van der Waals surface area (Å²) in [4.78, 5) is 0. The molecule has 0 radical (unpaired) electrons. The van der Waals surface area contributed by atoms with Gasteiger partial charge in [-0.1, -0.05) is 58.4 Å². The van der Waals surface area contributed by atoms with Crippen LogP contribution in [0.3, 0.4) is 0 Å². The van der Waals surface area contributed by atoms with Crippen LogP contribution in [0.1, 0.15) is 16.7 Å². The fourth-order valence-electron chi connectivity index (χ4n) is 2.49. The highest BCUT2D eigenvalue weighted by Crippen LogP contribution is 2.33. The average Bonchev–Trinajstić information content (AvgIpc) is 2.48. The molecule has 0 aliphatic heterocycles. The van der Waals surface area contributed by atoms with Crippen LogP contribution in [0.5, 0.6) is 0 Å². The van der Waals surface area contributed by atoms with E-state index in [1.165, 1.54) is 5.56 Å². The fraction of sp³-hybridized carbons (Fsp3) is 0.294. The Morgan fingerprint density at radius 1 is 0.950 bits per heavy atom. The molecule has 20 heavy (non-hydrogen) atoms. The molecule has 0 bridgehead atoms. The van der Waals surface area contributed by atoms with E-state index in [0.717, 1.165) is 15.6 Å². The van der Waals surface area contributed by atoms with E-state index in [9.17, 15) is 10.2 Å². The second kappa shape index (κ2) is 6.53. The number of aliphatic hydroxyl groups excluding tert-OH is 2. The molecule has 2 N–H and O–H groups in total. The van der Waals surface area contributed by atoms with Crippen LogP contribution in [0.15, 0.2) is 53.0 Å². The molecule has 0 aliphatic carbocycles. The third kappa shape index (κ3) is 2.95. The number of aliphatic hydroxyl groups is 2. The van der Waals surface area contributed by atoms with Gasteiger partial charge in [-0.3, -0.25) is 0 Å². The van der Waals surface area contributed by atoms with E-state index in [-0.39, 0.29) is 13.2 Å². The minimum atomic E-state index is -0.674. The van der Waals surface area contributed by atoms with Gasteiger partial charge in [0.2, 0.25) is 0 Å². The predicted molar refractivity (Wildman–Crippen MR) is 84.9 cm³/mol. The van der Waals surface area contributed by atoms with Crippen molar-refractivity contribution >= 4 is 15.9 Å². The summed E-state index contributed by atoms with van der Waals surface area (Å²) < 4.78 is 0.914. The van der Waals surface area contributed by atoms with Gasteiger partial charge in [0.15, 0.2) is 0 Å². The number of aryl methyl sites for hydroxylation is 1. The average molecular weight is 335 g/mol. The molecular formula is C17H19BrO2. The second-order valence-corrected chi connectivity index (χ2v) is 6.03. The van der Waals surface area contributed by atoms with E-state index < -0.39 is 5.41 Å². The summed E-state index contributed by atoms with van der Waals surface area (Å²) >= 11 is 3.52. The molecule has 0 aromatic heterocycles. The Bertz CT molecular complexity index is 577. The van der Waals surface area contributed by atoms with Gasteiger partial charge in [0.05, 0.1) is 13.2 Å². The molecule has 0 saturated heterocycles. The fourth-order valence-corrected chi connectivity index (χ4v) is 3.20. The molecule has 0 spiro atoms. The van der Waals surface area contributed by atoms with Crippen molar-refractivity contribution in [3.05, 3.63) is 69.7 Å². The molecule has 0 saturated carbocycles. The molecule has 2 nitrogen and oxygen atoms in total. The van der Waals surface area contributed by atoms with Crippen molar-refractivity contribution in [3.63, 3.8) is 0 Å². The van der Waals surface area contributed by atoms with Crippen LogP contribution < -0.4 is 0 Å². The quantitative estimate of drug-likeness (QED) is 0.881. The first-order valence-corrected chi connectivity index (χ1v) is 7.43. The molecule has 3 heteroatoms. The second-order valence-electron chi connectivity index (χ2n) is 5.18. The predicted octanol–water partition coefficient (Wildman–Crippen LogP) is 3.22. The Morgan fingerprint density at radius 3 is 2.15 bits per heavy atom. The molecule has 0 atom stereocenters. The lowest BCUT2D eigenvalue weighted by molar-refractivity contribution is 0.115. The summed E-state index contributed by atoms with van der Waals surface area (Å²) in [6, 6.07) is 15.8. The van der Waals surface area contributed by atoms with Crippen molar-refractivity contribution in [2.24, 2.45) is 0 Å². The molecule has 2 rings (SSSR count). The lowest BCUT2D eigenvalue weighted by Crippen LogP contribution is -2.37. The highest BCUT2D eigenvalue weighted by atomic mass is 79.9. The zero-order chi connectivity index (χ0) is 14.6. The van der Waals surface area contributed by atoms with E-state index >= 15 is 0 Å². The van der Waals surface area contributed by atoms with E-state index in [1.807, 2.05) is 42.5 Å². The Kier molecular flexibility index (Phi) is 4.97. The third-order valence-corrected chi connectivity index (χ3v) is 4.53. The monoisotopic (exact) mass is 334 g/mol. The largest absolute Gasteiger partial charge is 0.395 e. The minimum absolute atomic E-state index is 0.0968. The molecule has 0 fully saturated rings. The van der Waals surface area contributed by atoms with Crippen LogP contribution in [0.25, 0.3) is 0 Å². The third-order valence-electron chi connectivity index (χ3n) is 3.84. The smallest absolute Gasteiger partial charge is 0.0553 e. The van der Waals surface area contributed by atoms with Crippen molar-refractivity contribution in [1.29, 1.82) is 0 Å². The molecule has 0 aliphatic rings. The number of halogens is 1. The van der Waals surface area contributed by atoms with Gasteiger partial charge >= 0.3 is 0 Å². The Labute approximate surface area is 128 Å². The van der Waals surface area contributed by atoms with Gasteiger partial charge in [-0.2, -0.15) is 0 Å². The van der Waals surface area contributed by atoms with Gasteiger partial charge in [-0.05, 0) is 36.1 Å². The lowest BCUT2D eigenvalue weighted by atomic mass is 9.76. The molecule has 2 aromatic rings. The van der Waals surface area contributed by atoms with Gasteiger partial charge in [0.1, 0.15) is 0 Å². The molecule has 0 amide bonds. The van der Waals surface area contributed by atoms with Crippen LogP contribution in [0.4, 0.5) is 0 Å². The van der Waals surface area contributed by atoms with E-state index in [0.29, 0.717) is 6.42 Å². The van der Waals surface area contributed by atoms with Gasteiger partial charge in [0.25, 0.3) is 0 Å². The summed E-state index contributed by atoms with van der Waals surface area (Å²) in [5, 5.41) is 19.9. The topological polar surface area (TPSA) is 40.5 Å². The molecule has 0 heterocycles. The van der Waals surface area contributed by atoms with E-state index in [1.54, 1.807) is 0 Å². The normalized spacial score (nSPS) is 11.6. The highest BCUT2D eigenvalue weighted by molar-refractivity contribution is 9.10. The first-order chi connectivity index (χ1) is 9.63. The highest BCUT2D eigenvalue weighted by Gasteiger charge is 2.33. The van der Waals surface area contributed by atoms with Crippen molar-refractivity contribution in [3.8, 4) is 0 Å². The zero-order valence-corrected chi connectivity index (χ0v) is 13.1. The van der Waals surface area contributed by atoms with Gasteiger partial charge in [-0.15, -0.1) is 0 Å². The van der Waals surface area contributed by atoms with Crippen molar-refractivity contribution in [2.45, 2.75) is 18.8 Å². The Balaban J connectivity index is 2.46. The van der Waals surface area contributed by atoms with Crippen molar-refractivity contribution < 1.29 is 10.2 Å². The van der Waals surface area contributed by atoms with Crippen LogP contribution in [0, 0.1) is 6.92 Å². The maximum absolute atomic E-state index is 9.93. The van der Waals surface area contributed by atoms with Crippen molar-refractivity contribution in [1.82, 2.24) is 0 Å². The summed E-state index contributed by atoms with van der Waals surface area (Å²) in [5.41, 5.74) is 2.58. The number of hydrogen-bond acceptors (Lipinski definition) is 2. The first-order valence-electron chi connectivity index (χ1n) is 6.64. The minimum Gasteiger partial charge on any atom is -0.395 e. The summed E-state index contributed by atoms with van der Waals surface area (Å²) in [6.45, 7) is 1.86. The van der Waals surface area contributed by atoms with Crippen LogP contribution in [-0.2, 0) is 11.8 Å². The van der Waals surface area contributed by atoms with Crippen LogP contribution in [-0.4, -0.2) is 23.4 Å². The van der Waals surface area contributed by atoms with Gasteiger partial charge < -0.3 is 10.2 Å². The lowest BCUT2D eigenvalue weighted by Gasteiger charge is -2.32. The first kappa shape index (κ1) is 15.2. The number of benzene rings is 2. The van der Waals surface area contributed by atoms with Gasteiger partial charge in [0, 0.05) is 9.89 Å². The SMILES string of the molecule is Cc1ccccc1CC(CO)(CO)c1ccccc1Br. The molecule has 106 valence electrons. The number of hydrogen-bond donors (Lipinski definition) is 2. The van der Waals surface area contributed by atoms with E-state index in [2.05, 4.69) is 28.9 Å². The summed E-state index contributed by atoms with van der Waals surface area (Å²) in [5.74, 6) is 0. The zero-order valence-electron chi connectivity index (χ0n) is 11.5. The Morgan fingerprint density at radius 2 is 1.55 bits per heavy atom. The van der Waals surface area contributed by atoms with Crippen molar-refractivity contribution in [2.75, 3.05) is 13.2 Å². The van der Waals surface area contributed by atoms with Gasteiger partial charge in [-0.25, -0.2) is 0 Å². The summed E-state index contributed by atoms with van der Waals surface area (Å²) in [7, 11) is 0. The van der Waals surface area contributed by atoms with Crippen LogP contribution in [0.2, 0.25) is 0 Å². The van der Waals surface area contributed by atoms with Crippen LogP contribution >= 0.6 is 15.9 Å². The molecular weight excluding hydrogens is 316 g/mol. The summed E-state index contributed by atoms with van der Waals surface area (Å²) in [6.07, 6.45) is 0.606.